The van der Waals surface area contributed by atoms with E-state index in [2.05, 4.69) is 25.8 Å². The van der Waals surface area contributed by atoms with Gasteiger partial charge in [0.1, 0.15) is 11.0 Å². The van der Waals surface area contributed by atoms with Gasteiger partial charge in [0, 0.05) is 12.3 Å². The van der Waals surface area contributed by atoms with Crippen LogP contribution in [0, 0.1) is 0 Å². The molecule has 1 saturated heterocycles. The normalized spacial score (nSPS) is 26.2. The molecule has 148 valence electrons. The predicted octanol–water partition coefficient (Wildman–Crippen LogP) is 0.787. The fraction of sp³-hybridized carbons (Fsp3) is 0.750. The van der Waals surface area contributed by atoms with Crippen LogP contribution >= 0.6 is 11.6 Å². The monoisotopic (exact) mass is 406 g/mol. The van der Waals surface area contributed by atoms with Crippen molar-refractivity contribution in [2.75, 3.05) is 13.2 Å². The Bertz CT molecular complexity index is 752. The van der Waals surface area contributed by atoms with Gasteiger partial charge in [-0.1, -0.05) is 20.8 Å². The smallest absolute Gasteiger partial charge is 0.330 e. The van der Waals surface area contributed by atoms with E-state index >= 15 is 0 Å². The summed E-state index contributed by atoms with van der Waals surface area (Å²) >= 11 is 6.59. The number of aliphatic hydroxyl groups is 2. The average molecular weight is 407 g/mol. The number of aliphatic hydroxyl groups excluding tert-OH is 2. The molecule has 0 amide bonds. The summed E-state index contributed by atoms with van der Waals surface area (Å²) in [5, 5.41) is 18.9. The summed E-state index contributed by atoms with van der Waals surface area (Å²) in [7, 11) is -2.32. The summed E-state index contributed by atoms with van der Waals surface area (Å²) in [4.78, 5) is 25.6. The maximum absolute atomic E-state index is 12.1. The number of aromatic amines is 1. The van der Waals surface area contributed by atoms with Crippen molar-refractivity contribution in [2.24, 2.45) is 0 Å². The fourth-order valence-corrected chi connectivity index (χ4v) is 4.51. The maximum Gasteiger partial charge on any atom is 0.330 e. The second-order valence-corrected chi connectivity index (χ2v) is 13.4. The first-order valence-corrected chi connectivity index (χ1v) is 11.8. The molecular weight excluding hydrogens is 380 g/mol. The molecule has 0 bridgehead atoms. The van der Waals surface area contributed by atoms with Crippen LogP contribution in [0.4, 0.5) is 0 Å². The Labute approximate surface area is 157 Å². The summed E-state index contributed by atoms with van der Waals surface area (Å²) in [6.07, 6.45) is -0.561. The number of nitrogens with one attached hydrogen (secondary N) is 1. The van der Waals surface area contributed by atoms with Gasteiger partial charge in [-0.3, -0.25) is 14.3 Å². The third-order valence-electron chi connectivity index (χ3n) is 5.32. The highest BCUT2D eigenvalue weighted by Gasteiger charge is 2.58. The number of halogens is 1. The van der Waals surface area contributed by atoms with E-state index < -0.39 is 56.1 Å². The Morgan fingerprint density at radius 3 is 2.38 bits per heavy atom. The van der Waals surface area contributed by atoms with Crippen LogP contribution in [-0.2, 0) is 9.16 Å². The zero-order valence-electron chi connectivity index (χ0n) is 15.7. The second kappa shape index (κ2) is 7.21. The minimum atomic E-state index is -2.32. The highest BCUT2D eigenvalue weighted by molar-refractivity contribution is 6.74. The Kier molecular flexibility index (Phi) is 5.92. The molecule has 3 N–H and O–H groups in total. The molecule has 2 rings (SSSR count). The van der Waals surface area contributed by atoms with E-state index in [1.165, 1.54) is 12.3 Å². The minimum absolute atomic E-state index is 0.132. The van der Waals surface area contributed by atoms with Gasteiger partial charge < -0.3 is 19.4 Å². The summed E-state index contributed by atoms with van der Waals surface area (Å²) in [5.41, 5.74) is -2.69. The predicted molar refractivity (Wildman–Crippen MR) is 100 cm³/mol. The topological polar surface area (TPSA) is 114 Å². The van der Waals surface area contributed by atoms with Crippen molar-refractivity contribution in [2.45, 2.75) is 62.2 Å². The third-order valence-corrected chi connectivity index (χ3v) is 10.2. The molecule has 1 aliphatic heterocycles. The van der Waals surface area contributed by atoms with Crippen molar-refractivity contribution in [3.8, 4) is 0 Å². The number of aromatic nitrogens is 2. The Morgan fingerprint density at radius 2 is 1.92 bits per heavy atom. The highest BCUT2D eigenvalue weighted by Crippen LogP contribution is 2.46. The van der Waals surface area contributed by atoms with E-state index in [4.69, 9.17) is 20.8 Å². The first kappa shape index (κ1) is 21.3. The fourth-order valence-electron chi connectivity index (χ4n) is 2.62. The number of hydrogen-bond acceptors (Lipinski definition) is 6. The van der Waals surface area contributed by atoms with Gasteiger partial charge in [0.2, 0.25) is 0 Å². The average Bonchev–Trinajstić information content (AvgIpc) is 2.80. The van der Waals surface area contributed by atoms with Gasteiger partial charge >= 0.3 is 5.69 Å². The molecule has 1 aliphatic rings. The van der Waals surface area contributed by atoms with Crippen molar-refractivity contribution in [3.05, 3.63) is 33.1 Å². The molecule has 3 atom stereocenters. The van der Waals surface area contributed by atoms with Crippen LogP contribution in [0.15, 0.2) is 21.9 Å². The van der Waals surface area contributed by atoms with Crippen LogP contribution in [-0.4, -0.2) is 58.4 Å². The van der Waals surface area contributed by atoms with Gasteiger partial charge in [0.05, 0.1) is 19.3 Å². The molecule has 1 aromatic heterocycles. The first-order valence-electron chi connectivity index (χ1n) is 8.41. The molecule has 0 spiro atoms. The molecule has 2 heterocycles. The number of H-pyrrole nitrogens is 1. The SMILES string of the molecule is CC(C)(C)[Si](C)(C)OC1[C@@H](Cl)[C@H](n2ccc(=O)[nH]c2=O)OC1(CO)CO. The van der Waals surface area contributed by atoms with E-state index in [-0.39, 0.29) is 5.04 Å². The summed E-state index contributed by atoms with van der Waals surface area (Å²) in [5.74, 6) is 0. The van der Waals surface area contributed by atoms with Gasteiger partial charge in [-0.25, -0.2) is 4.79 Å². The van der Waals surface area contributed by atoms with Crippen LogP contribution in [0.5, 0.6) is 0 Å². The van der Waals surface area contributed by atoms with E-state index in [0.29, 0.717) is 0 Å². The number of nitrogens with zero attached hydrogens (tertiary/aromatic N) is 1. The van der Waals surface area contributed by atoms with E-state index in [9.17, 15) is 19.8 Å². The molecule has 0 radical (unpaired) electrons. The first-order chi connectivity index (χ1) is 11.9. The van der Waals surface area contributed by atoms with Gasteiger partial charge in [0.25, 0.3) is 5.56 Å². The zero-order chi connectivity index (χ0) is 19.9. The number of rotatable bonds is 5. The van der Waals surface area contributed by atoms with Crippen molar-refractivity contribution in [1.29, 1.82) is 0 Å². The molecule has 1 aromatic rings. The van der Waals surface area contributed by atoms with Crippen molar-refractivity contribution < 1.29 is 19.4 Å². The van der Waals surface area contributed by atoms with Crippen molar-refractivity contribution >= 4 is 19.9 Å². The lowest BCUT2D eigenvalue weighted by Crippen LogP contribution is -2.56. The molecule has 1 fully saturated rings. The van der Waals surface area contributed by atoms with E-state index in [0.717, 1.165) is 4.57 Å². The quantitative estimate of drug-likeness (QED) is 0.492. The molecule has 8 nitrogen and oxygen atoms in total. The number of hydrogen-bond donors (Lipinski definition) is 3. The van der Waals surface area contributed by atoms with Crippen molar-refractivity contribution in [1.82, 2.24) is 9.55 Å². The summed E-state index contributed by atoms with van der Waals surface area (Å²) in [6, 6.07) is 1.18. The maximum atomic E-state index is 12.1. The molecule has 10 heteroatoms. The van der Waals surface area contributed by atoms with Crippen LogP contribution in [0.1, 0.15) is 27.0 Å². The minimum Gasteiger partial charge on any atom is -0.409 e. The van der Waals surface area contributed by atoms with Crippen LogP contribution in [0.25, 0.3) is 0 Å². The Hall–Kier alpha value is -0.973. The largest absolute Gasteiger partial charge is 0.409 e. The number of alkyl halides is 1. The molecule has 0 saturated carbocycles. The molecule has 1 unspecified atom stereocenters. The Balaban J connectivity index is 2.46. The Morgan fingerprint density at radius 1 is 1.35 bits per heavy atom. The third kappa shape index (κ3) is 3.69. The standard InChI is InChI=1S/C16H27ClN2O6Si/c1-15(2,3)26(4,5)25-12-11(17)13(24-16(12,8-20)9-21)19-7-6-10(22)18-14(19)23/h6-7,11-13,20-21H,8-9H2,1-5H3,(H,18,22,23)/t11-,12?,13-/m1/s1. The summed E-state index contributed by atoms with van der Waals surface area (Å²) in [6.45, 7) is 9.16. The van der Waals surface area contributed by atoms with Crippen LogP contribution in [0.2, 0.25) is 18.1 Å². The van der Waals surface area contributed by atoms with Gasteiger partial charge in [0.15, 0.2) is 14.5 Å². The van der Waals surface area contributed by atoms with Crippen molar-refractivity contribution in [3.63, 3.8) is 0 Å². The molecule has 0 aliphatic carbocycles. The zero-order valence-corrected chi connectivity index (χ0v) is 17.4. The molecular formula is C16H27ClN2O6Si. The molecule has 26 heavy (non-hydrogen) atoms. The highest BCUT2D eigenvalue weighted by atomic mass is 35.5. The number of ether oxygens (including phenoxy) is 1. The lowest BCUT2D eigenvalue weighted by molar-refractivity contribution is -0.147. The van der Waals surface area contributed by atoms with E-state index in [1.54, 1.807) is 0 Å². The lowest BCUT2D eigenvalue weighted by Gasteiger charge is -2.42. The van der Waals surface area contributed by atoms with Crippen LogP contribution in [0.3, 0.4) is 0 Å². The van der Waals surface area contributed by atoms with Gasteiger partial charge in [-0.05, 0) is 18.1 Å². The van der Waals surface area contributed by atoms with Crippen LogP contribution < -0.4 is 11.2 Å². The second-order valence-electron chi connectivity index (χ2n) is 8.15. The van der Waals surface area contributed by atoms with E-state index in [1.807, 2.05) is 13.1 Å². The molecule has 0 aromatic carbocycles. The lowest BCUT2D eigenvalue weighted by atomic mass is 9.99. The van der Waals surface area contributed by atoms with Gasteiger partial charge in [-0.2, -0.15) is 0 Å². The van der Waals surface area contributed by atoms with Gasteiger partial charge in [-0.15, -0.1) is 11.6 Å². The summed E-state index contributed by atoms with van der Waals surface area (Å²) < 4.78 is 13.3.